The number of nitrogens with zero attached hydrogens (tertiary/aromatic N) is 4. The molecule has 1 aromatic carbocycles. The van der Waals surface area contributed by atoms with E-state index in [0.29, 0.717) is 18.6 Å². The summed E-state index contributed by atoms with van der Waals surface area (Å²) in [5, 5.41) is 8.95. The summed E-state index contributed by atoms with van der Waals surface area (Å²) in [7, 11) is 1.76. The van der Waals surface area contributed by atoms with Gasteiger partial charge < -0.3 is 0 Å². The fourth-order valence-electron chi connectivity index (χ4n) is 3.20. The van der Waals surface area contributed by atoms with Crippen LogP contribution < -0.4 is 5.69 Å². The SMILES string of the molecule is Cc1ccc(CC#N)cc1-c1ccc2c(n1)n(C)c(=O)n2CC(C)(C)C. The lowest BCUT2D eigenvalue weighted by molar-refractivity contribution is 0.342. The maximum Gasteiger partial charge on any atom is 0.330 e. The standard InChI is InChI=1S/C21H24N4O/c1-14-6-7-15(10-11-22)12-16(14)17-8-9-18-19(23-17)24(5)20(26)25(18)13-21(2,3)4/h6-9,12H,10,13H2,1-5H3. The zero-order valence-electron chi connectivity index (χ0n) is 16.0. The highest BCUT2D eigenvalue weighted by Gasteiger charge is 2.19. The molecular weight excluding hydrogens is 324 g/mol. The van der Waals surface area contributed by atoms with E-state index in [1.54, 1.807) is 16.2 Å². The van der Waals surface area contributed by atoms with Gasteiger partial charge in [-0.15, -0.1) is 0 Å². The molecule has 0 aliphatic heterocycles. The van der Waals surface area contributed by atoms with Gasteiger partial charge in [-0.1, -0.05) is 32.9 Å². The highest BCUT2D eigenvalue weighted by Crippen LogP contribution is 2.26. The molecule has 0 aliphatic rings. The molecule has 0 saturated heterocycles. The molecule has 2 aromatic heterocycles. The number of hydrogen-bond acceptors (Lipinski definition) is 3. The Morgan fingerprint density at radius 3 is 2.58 bits per heavy atom. The Hall–Kier alpha value is -2.87. The maximum absolute atomic E-state index is 12.7. The Bertz CT molecular complexity index is 1070. The van der Waals surface area contributed by atoms with Gasteiger partial charge in [0.05, 0.1) is 23.7 Å². The van der Waals surface area contributed by atoms with Crippen LogP contribution >= 0.6 is 0 Å². The number of fused-ring (bicyclic) bond motifs is 1. The van der Waals surface area contributed by atoms with Crippen molar-refractivity contribution in [2.45, 2.75) is 40.7 Å². The van der Waals surface area contributed by atoms with Crippen LogP contribution in [0.4, 0.5) is 0 Å². The highest BCUT2D eigenvalue weighted by molar-refractivity contribution is 5.77. The largest absolute Gasteiger partial charge is 0.330 e. The van der Waals surface area contributed by atoms with Crippen LogP contribution in [0.3, 0.4) is 0 Å². The first-order chi connectivity index (χ1) is 12.2. The average molecular weight is 348 g/mol. The third-order valence-corrected chi connectivity index (χ3v) is 4.47. The Balaban J connectivity index is 2.17. The van der Waals surface area contributed by atoms with E-state index in [0.717, 1.165) is 27.9 Å². The Morgan fingerprint density at radius 2 is 1.92 bits per heavy atom. The number of rotatable bonds is 3. The van der Waals surface area contributed by atoms with Crippen molar-refractivity contribution < 1.29 is 0 Å². The molecule has 0 aliphatic carbocycles. The molecule has 0 spiro atoms. The van der Waals surface area contributed by atoms with Gasteiger partial charge in [-0.05, 0) is 41.7 Å². The van der Waals surface area contributed by atoms with Crippen LogP contribution in [0.15, 0.2) is 35.1 Å². The van der Waals surface area contributed by atoms with E-state index in [9.17, 15) is 4.79 Å². The van der Waals surface area contributed by atoms with Crippen LogP contribution in [0, 0.1) is 23.7 Å². The fraction of sp³-hybridized carbons (Fsp3) is 0.381. The monoisotopic (exact) mass is 348 g/mol. The van der Waals surface area contributed by atoms with E-state index in [-0.39, 0.29) is 11.1 Å². The molecule has 5 nitrogen and oxygen atoms in total. The van der Waals surface area contributed by atoms with Crippen molar-refractivity contribution >= 4 is 11.2 Å². The summed E-state index contributed by atoms with van der Waals surface area (Å²) in [5.41, 5.74) is 5.36. The highest BCUT2D eigenvalue weighted by atomic mass is 16.1. The zero-order chi connectivity index (χ0) is 19.1. The number of aromatic nitrogens is 3. The molecule has 0 atom stereocenters. The van der Waals surface area contributed by atoms with Crippen molar-refractivity contribution in [2.75, 3.05) is 0 Å². The summed E-state index contributed by atoms with van der Waals surface area (Å²) < 4.78 is 3.41. The van der Waals surface area contributed by atoms with Gasteiger partial charge in [0, 0.05) is 19.2 Å². The maximum atomic E-state index is 12.7. The molecule has 0 N–H and O–H groups in total. The number of pyridine rings is 1. The van der Waals surface area contributed by atoms with Gasteiger partial charge in [0.2, 0.25) is 0 Å². The van der Waals surface area contributed by atoms with E-state index >= 15 is 0 Å². The lowest BCUT2D eigenvalue weighted by atomic mass is 9.97. The van der Waals surface area contributed by atoms with Crippen LogP contribution in [0.5, 0.6) is 0 Å². The smallest absolute Gasteiger partial charge is 0.290 e. The molecule has 0 amide bonds. The second kappa shape index (κ2) is 6.45. The molecule has 0 saturated carbocycles. The third-order valence-electron chi connectivity index (χ3n) is 4.47. The average Bonchev–Trinajstić information content (AvgIpc) is 2.80. The van der Waals surface area contributed by atoms with Crippen molar-refractivity contribution in [3.05, 3.63) is 51.9 Å². The molecular formula is C21H24N4O. The summed E-state index contributed by atoms with van der Waals surface area (Å²) in [4.78, 5) is 17.4. The fourth-order valence-corrected chi connectivity index (χ4v) is 3.20. The quantitative estimate of drug-likeness (QED) is 0.723. The predicted octanol–water partition coefficient (Wildman–Crippen LogP) is 3.82. The summed E-state index contributed by atoms with van der Waals surface area (Å²) in [6.07, 6.45) is 0.371. The molecule has 3 aromatic rings. The van der Waals surface area contributed by atoms with Gasteiger partial charge in [-0.25, -0.2) is 9.78 Å². The first-order valence-electron chi connectivity index (χ1n) is 8.74. The van der Waals surface area contributed by atoms with Gasteiger partial charge in [0.15, 0.2) is 5.65 Å². The van der Waals surface area contributed by atoms with Crippen LogP contribution in [0.1, 0.15) is 31.9 Å². The van der Waals surface area contributed by atoms with Gasteiger partial charge in [0.25, 0.3) is 0 Å². The van der Waals surface area contributed by atoms with E-state index in [4.69, 9.17) is 10.2 Å². The Kier molecular flexibility index (Phi) is 4.45. The number of nitriles is 1. The van der Waals surface area contributed by atoms with Crippen LogP contribution in [-0.2, 0) is 20.0 Å². The molecule has 0 fully saturated rings. The first-order valence-corrected chi connectivity index (χ1v) is 8.74. The first kappa shape index (κ1) is 17.9. The molecule has 5 heteroatoms. The minimum atomic E-state index is -0.0467. The van der Waals surface area contributed by atoms with Gasteiger partial charge in [-0.2, -0.15) is 5.26 Å². The van der Waals surface area contributed by atoms with Gasteiger partial charge >= 0.3 is 5.69 Å². The van der Waals surface area contributed by atoms with Crippen LogP contribution in [-0.4, -0.2) is 14.1 Å². The topological polar surface area (TPSA) is 63.6 Å². The molecule has 2 heterocycles. The number of hydrogen-bond donors (Lipinski definition) is 0. The van der Waals surface area contributed by atoms with Crippen molar-refractivity contribution in [1.82, 2.24) is 14.1 Å². The van der Waals surface area contributed by atoms with Crippen LogP contribution in [0.25, 0.3) is 22.4 Å². The van der Waals surface area contributed by atoms with Crippen LogP contribution in [0.2, 0.25) is 0 Å². The van der Waals surface area contributed by atoms with Crippen molar-refractivity contribution in [2.24, 2.45) is 12.5 Å². The minimum Gasteiger partial charge on any atom is -0.290 e. The number of aryl methyl sites for hydroxylation is 2. The lowest BCUT2D eigenvalue weighted by Crippen LogP contribution is -2.27. The second-order valence-corrected chi connectivity index (χ2v) is 8.01. The molecule has 134 valence electrons. The minimum absolute atomic E-state index is 0.000996. The molecule has 26 heavy (non-hydrogen) atoms. The number of imidazole rings is 1. The second-order valence-electron chi connectivity index (χ2n) is 8.01. The normalized spacial score (nSPS) is 11.7. The Labute approximate surface area is 153 Å². The predicted molar refractivity (Wildman–Crippen MR) is 104 cm³/mol. The van der Waals surface area contributed by atoms with E-state index < -0.39 is 0 Å². The van der Waals surface area contributed by atoms with Gasteiger partial charge in [0.1, 0.15) is 0 Å². The van der Waals surface area contributed by atoms with Crippen molar-refractivity contribution in [3.63, 3.8) is 0 Å². The van der Waals surface area contributed by atoms with Crippen molar-refractivity contribution in [1.29, 1.82) is 5.26 Å². The zero-order valence-corrected chi connectivity index (χ0v) is 16.0. The number of benzene rings is 1. The third kappa shape index (κ3) is 3.28. The van der Waals surface area contributed by atoms with Gasteiger partial charge in [-0.3, -0.25) is 9.13 Å². The van der Waals surface area contributed by atoms with E-state index in [1.807, 2.05) is 37.3 Å². The summed E-state index contributed by atoms with van der Waals surface area (Å²) in [6.45, 7) is 9.01. The molecule has 0 bridgehead atoms. The van der Waals surface area contributed by atoms with Crippen molar-refractivity contribution in [3.8, 4) is 17.3 Å². The van der Waals surface area contributed by atoms with E-state index in [1.165, 1.54) is 0 Å². The molecule has 0 radical (unpaired) electrons. The van der Waals surface area contributed by atoms with E-state index in [2.05, 4.69) is 26.8 Å². The molecule has 0 unspecified atom stereocenters. The summed E-state index contributed by atoms with van der Waals surface area (Å²) in [6, 6.07) is 12.1. The molecule has 3 rings (SSSR count). The lowest BCUT2D eigenvalue weighted by Gasteiger charge is -2.18. The summed E-state index contributed by atoms with van der Waals surface area (Å²) >= 11 is 0. The summed E-state index contributed by atoms with van der Waals surface area (Å²) in [5.74, 6) is 0. The Morgan fingerprint density at radius 1 is 1.19 bits per heavy atom.